The van der Waals surface area contributed by atoms with Crippen molar-refractivity contribution >= 4 is 34.8 Å². The van der Waals surface area contributed by atoms with E-state index in [1.807, 2.05) is 0 Å². The Morgan fingerprint density at radius 2 is 1.88 bits per heavy atom. The van der Waals surface area contributed by atoms with Crippen LogP contribution >= 0.6 is 23.2 Å². The molecule has 0 aromatic heterocycles. The minimum atomic E-state index is -0.520. The van der Waals surface area contributed by atoms with E-state index in [2.05, 4.69) is 10.6 Å². The summed E-state index contributed by atoms with van der Waals surface area (Å²) < 4.78 is 12.9. The molecule has 16 heavy (non-hydrogen) atoms. The van der Waals surface area contributed by atoms with E-state index in [1.54, 1.807) is 6.92 Å². The number of carbonyl (C=O) groups is 1. The number of rotatable bonds is 3. The molecule has 1 unspecified atom stereocenters. The molecule has 0 heterocycles. The molecule has 1 aromatic rings. The maximum Gasteiger partial charge on any atom is 0.241 e. The van der Waals surface area contributed by atoms with Crippen LogP contribution in [0.15, 0.2) is 12.1 Å². The molecule has 1 aromatic carbocycles. The zero-order chi connectivity index (χ0) is 12.3. The van der Waals surface area contributed by atoms with E-state index in [4.69, 9.17) is 23.2 Å². The van der Waals surface area contributed by atoms with Gasteiger partial charge in [-0.05, 0) is 19.1 Å². The van der Waals surface area contributed by atoms with E-state index in [0.717, 1.165) is 12.1 Å². The lowest BCUT2D eigenvalue weighted by molar-refractivity contribution is -0.121. The van der Waals surface area contributed by atoms with E-state index < -0.39 is 11.9 Å². The number of amides is 1. The summed E-state index contributed by atoms with van der Waals surface area (Å²) in [5, 5.41) is 5.57. The first-order chi connectivity index (χ1) is 7.45. The summed E-state index contributed by atoms with van der Waals surface area (Å²) in [6.45, 7) is 1.65. The second-order valence-electron chi connectivity index (χ2n) is 3.22. The van der Waals surface area contributed by atoms with Gasteiger partial charge in [0.15, 0.2) is 0 Å². The molecule has 0 radical (unpaired) electrons. The quantitative estimate of drug-likeness (QED) is 0.882. The minimum absolute atomic E-state index is 0.140. The van der Waals surface area contributed by atoms with Crippen LogP contribution in [0.2, 0.25) is 10.0 Å². The van der Waals surface area contributed by atoms with E-state index >= 15 is 0 Å². The predicted octanol–water partition coefficient (Wildman–Crippen LogP) is 2.68. The monoisotopic (exact) mass is 264 g/mol. The minimum Gasteiger partial charge on any atom is -0.371 e. The van der Waals surface area contributed by atoms with Crippen molar-refractivity contribution in [3.8, 4) is 0 Å². The lowest BCUT2D eigenvalue weighted by Gasteiger charge is -2.16. The Morgan fingerprint density at radius 3 is 2.31 bits per heavy atom. The molecule has 1 amide bonds. The molecule has 0 aliphatic heterocycles. The van der Waals surface area contributed by atoms with Gasteiger partial charge in [0.05, 0.1) is 15.7 Å². The molecule has 6 heteroatoms. The van der Waals surface area contributed by atoms with Crippen LogP contribution in [-0.4, -0.2) is 19.0 Å². The van der Waals surface area contributed by atoms with Gasteiger partial charge in [-0.3, -0.25) is 4.79 Å². The topological polar surface area (TPSA) is 41.1 Å². The molecule has 0 bridgehead atoms. The van der Waals surface area contributed by atoms with Crippen LogP contribution in [0.4, 0.5) is 10.1 Å². The molecule has 1 rings (SSSR count). The summed E-state index contributed by atoms with van der Waals surface area (Å²) in [4.78, 5) is 11.3. The van der Waals surface area contributed by atoms with Gasteiger partial charge in [0.1, 0.15) is 11.9 Å². The van der Waals surface area contributed by atoms with Gasteiger partial charge in [0.2, 0.25) is 5.91 Å². The molecule has 0 fully saturated rings. The van der Waals surface area contributed by atoms with Crippen molar-refractivity contribution in [3.05, 3.63) is 28.0 Å². The highest BCUT2D eigenvalue weighted by atomic mass is 35.5. The molecule has 3 nitrogen and oxygen atoms in total. The van der Waals surface area contributed by atoms with Gasteiger partial charge in [0.25, 0.3) is 0 Å². The summed E-state index contributed by atoms with van der Waals surface area (Å²) >= 11 is 11.6. The SMILES string of the molecule is CNC(=O)C(C)Nc1c(Cl)cc(F)cc1Cl. The van der Waals surface area contributed by atoms with Crippen LogP contribution in [0, 0.1) is 5.82 Å². The number of halogens is 3. The van der Waals surface area contributed by atoms with E-state index in [-0.39, 0.29) is 16.0 Å². The summed E-state index contributed by atoms with van der Waals surface area (Å²) in [7, 11) is 1.52. The Morgan fingerprint density at radius 1 is 1.38 bits per heavy atom. The van der Waals surface area contributed by atoms with Crippen LogP contribution in [0.5, 0.6) is 0 Å². The third-order valence-electron chi connectivity index (χ3n) is 2.01. The van der Waals surface area contributed by atoms with Gasteiger partial charge >= 0.3 is 0 Å². The van der Waals surface area contributed by atoms with Crippen LogP contribution in [0.1, 0.15) is 6.92 Å². The molecular formula is C10H11Cl2FN2O. The molecule has 2 N–H and O–H groups in total. The number of hydrogen-bond acceptors (Lipinski definition) is 2. The van der Waals surface area contributed by atoms with Gasteiger partial charge in [-0.1, -0.05) is 23.2 Å². The fourth-order valence-corrected chi connectivity index (χ4v) is 1.75. The molecule has 0 saturated carbocycles. The highest BCUT2D eigenvalue weighted by Crippen LogP contribution is 2.31. The average molecular weight is 265 g/mol. The van der Waals surface area contributed by atoms with E-state index in [9.17, 15) is 9.18 Å². The normalized spacial score (nSPS) is 12.1. The molecule has 0 aliphatic carbocycles. The highest BCUT2D eigenvalue weighted by Gasteiger charge is 2.15. The van der Waals surface area contributed by atoms with Crippen molar-refractivity contribution in [1.29, 1.82) is 0 Å². The average Bonchev–Trinajstić information content (AvgIpc) is 2.21. The first kappa shape index (κ1) is 13.1. The lowest BCUT2D eigenvalue weighted by atomic mass is 10.2. The fraction of sp³-hybridized carbons (Fsp3) is 0.300. The van der Waals surface area contributed by atoms with Crippen molar-refractivity contribution in [2.45, 2.75) is 13.0 Å². The number of benzene rings is 1. The van der Waals surface area contributed by atoms with Crippen LogP contribution in [-0.2, 0) is 4.79 Å². The maximum atomic E-state index is 12.9. The van der Waals surface area contributed by atoms with Gasteiger partial charge in [0, 0.05) is 7.05 Å². The second-order valence-corrected chi connectivity index (χ2v) is 4.04. The lowest BCUT2D eigenvalue weighted by Crippen LogP contribution is -2.35. The molecular weight excluding hydrogens is 254 g/mol. The second kappa shape index (κ2) is 5.37. The largest absolute Gasteiger partial charge is 0.371 e. The number of hydrogen-bond donors (Lipinski definition) is 2. The Labute approximate surface area is 103 Å². The molecule has 0 aliphatic rings. The van der Waals surface area contributed by atoms with Gasteiger partial charge in [-0.2, -0.15) is 0 Å². The highest BCUT2D eigenvalue weighted by molar-refractivity contribution is 6.39. The standard InChI is InChI=1S/C10H11Cl2FN2O/c1-5(10(16)14-2)15-9-7(11)3-6(13)4-8(9)12/h3-5,15H,1-2H3,(H,14,16). The number of anilines is 1. The Hall–Kier alpha value is -1.00. The van der Waals surface area contributed by atoms with E-state index in [0.29, 0.717) is 5.69 Å². The van der Waals surface area contributed by atoms with Crippen molar-refractivity contribution in [3.63, 3.8) is 0 Å². The predicted molar refractivity (Wildman–Crippen MR) is 63.6 cm³/mol. The molecule has 88 valence electrons. The molecule has 1 atom stereocenters. The van der Waals surface area contributed by atoms with E-state index in [1.165, 1.54) is 7.05 Å². The van der Waals surface area contributed by atoms with Crippen LogP contribution in [0.3, 0.4) is 0 Å². The fourth-order valence-electron chi connectivity index (χ4n) is 1.18. The third kappa shape index (κ3) is 3.00. The van der Waals surface area contributed by atoms with Gasteiger partial charge in [-0.25, -0.2) is 4.39 Å². The summed E-state index contributed by atoms with van der Waals surface area (Å²) in [5.74, 6) is -0.732. The van der Waals surface area contributed by atoms with Crippen molar-refractivity contribution in [2.24, 2.45) is 0 Å². The van der Waals surface area contributed by atoms with Crippen molar-refractivity contribution in [1.82, 2.24) is 5.32 Å². The van der Waals surface area contributed by atoms with Crippen LogP contribution in [0.25, 0.3) is 0 Å². The van der Waals surface area contributed by atoms with Gasteiger partial charge in [-0.15, -0.1) is 0 Å². The molecule has 0 saturated heterocycles. The zero-order valence-electron chi connectivity index (χ0n) is 8.77. The molecule has 0 spiro atoms. The summed E-state index contributed by atoms with van der Waals surface area (Å²) in [6.07, 6.45) is 0. The first-order valence-electron chi connectivity index (χ1n) is 4.58. The third-order valence-corrected chi connectivity index (χ3v) is 2.60. The van der Waals surface area contributed by atoms with Crippen LogP contribution < -0.4 is 10.6 Å². The Balaban J connectivity index is 2.93. The zero-order valence-corrected chi connectivity index (χ0v) is 10.3. The summed E-state index contributed by atoms with van der Waals surface area (Å²) in [6, 6.07) is 1.75. The Kier molecular flexibility index (Phi) is 4.38. The number of likely N-dealkylation sites (N-methyl/N-ethyl adjacent to an activating group) is 1. The smallest absolute Gasteiger partial charge is 0.241 e. The Bertz CT molecular complexity index is 389. The number of nitrogens with one attached hydrogen (secondary N) is 2. The number of carbonyl (C=O) groups excluding carboxylic acids is 1. The van der Waals surface area contributed by atoms with Gasteiger partial charge < -0.3 is 10.6 Å². The first-order valence-corrected chi connectivity index (χ1v) is 5.34. The van der Waals surface area contributed by atoms with Crippen molar-refractivity contribution in [2.75, 3.05) is 12.4 Å². The maximum absolute atomic E-state index is 12.9. The summed E-state index contributed by atoms with van der Waals surface area (Å²) in [5.41, 5.74) is 0.348. The van der Waals surface area contributed by atoms with Crippen molar-refractivity contribution < 1.29 is 9.18 Å².